The number of aryl methyl sites for hydroxylation is 3. The molecular weight excluding hydrogens is 284 g/mol. The average Bonchev–Trinajstić information content (AvgIpc) is 3.05. The van der Waals surface area contributed by atoms with Gasteiger partial charge in [-0.05, 0) is 33.3 Å². The van der Waals surface area contributed by atoms with Gasteiger partial charge in [0.25, 0.3) is 5.91 Å². The quantitative estimate of drug-likeness (QED) is 0.855. The first kappa shape index (κ1) is 14.1. The van der Waals surface area contributed by atoms with Gasteiger partial charge in [0, 0.05) is 30.4 Å². The van der Waals surface area contributed by atoms with Crippen molar-refractivity contribution in [3.8, 4) is 0 Å². The Labute approximate surface area is 128 Å². The fraction of sp³-hybridized carbons (Fsp3) is 0.467. The second kappa shape index (κ2) is 5.52. The lowest BCUT2D eigenvalue weighted by molar-refractivity contribution is 0.0794. The summed E-state index contributed by atoms with van der Waals surface area (Å²) in [6.45, 7) is 7.30. The Hall–Kier alpha value is -1.82. The minimum Gasteiger partial charge on any atom is -0.337 e. The molecule has 3 heterocycles. The average molecular weight is 302 g/mol. The van der Waals surface area contributed by atoms with Crippen molar-refractivity contribution in [2.75, 3.05) is 13.1 Å². The molecule has 3 rings (SSSR count). The second-order valence-corrected chi connectivity index (χ2v) is 6.37. The Morgan fingerprint density at radius 2 is 2.00 bits per heavy atom. The number of carbonyl (C=O) groups is 1. The van der Waals surface area contributed by atoms with E-state index in [0.29, 0.717) is 6.54 Å². The molecule has 1 unspecified atom stereocenters. The van der Waals surface area contributed by atoms with Crippen LogP contribution in [0.2, 0.25) is 0 Å². The van der Waals surface area contributed by atoms with E-state index in [9.17, 15) is 4.79 Å². The second-order valence-electron chi connectivity index (χ2n) is 5.51. The van der Waals surface area contributed by atoms with E-state index in [2.05, 4.69) is 15.0 Å². The van der Waals surface area contributed by atoms with Gasteiger partial charge in [-0.2, -0.15) is 0 Å². The monoisotopic (exact) mass is 302 g/mol. The van der Waals surface area contributed by atoms with Crippen LogP contribution >= 0.6 is 11.3 Å². The van der Waals surface area contributed by atoms with E-state index in [-0.39, 0.29) is 11.8 Å². The van der Waals surface area contributed by atoms with Crippen LogP contribution in [0.5, 0.6) is 0 Å². The largest absolute Gasteiger partial charge is 0.337 e. The van der Waals surface area contributed by atoms with Gasteiger partial charge in [0.05, 0.1) is 11.2 Å². The zero-order chi connectivity index (χ0) is 15.0. The molecule has 0 bridgehead atoms. The van der Waals surface area contributed by atoms with E-state index in [0.717, 1.165) is 40.7 Å². The molecule has 5 nitrogen and oxygen atoms in total. The number of amides is 1. The van der Waals surface area contributed by atoms with Gasteiger partial charge >= 0.3 is 0 Å². The predicted molar refractivity (Wildman–Crippen MR) is 81.6 cm³/mol. The standard InChI is InChI=1S/C15H18N4OS/c1-9-6-10(2)18-14(17-9)12-4-5-19(7-12)15(20)13-11(3)16-8-21-13/h6,8,12H,4-5,7H2,1-3H3. The van der Waals surface area contributed by atoms with Gasteiger partial charge in [-0.1, -0.05) is 0 Å². The molecule has 0 saturated carbocycles. The molecule has 0 radical (unpaired) electrons. The van der Waals surface area contributed by atoms with Crippen LogP contribution in [0, 0.1) is 20.8 Å². The van der Waals surface area contributed by atoms with Crippen molar-refractivity contribution in [1.29, 1.82) is 0 Å². The lowest BCUT2D eigenvalue weighted by Gasteiger charge is -2.15. The Morgan fingerprint density at radius 3 is 2.62 bits per heavy atom. The smallest absolute Gasteiger partial charge is 0.265 e. The number of carbonyl (C=O) groups excluding carboxylic acids is 1. The third-order valence-electron chi connectivity index (χ3n) is 3.78. The van der Waals surface area contributed by atoms with Crippen molar-refractivity contribution in [3.63, 3.8) is 0 Å². The molecule has 0 aromatic carbocycles. The summed E-state index contributed by atoms with van der Waals surface area (Å²) in [6.07, 6.45) is 0.923. The highest BCUT2D eigenvalue weighted by Gasteiger charge is 2.31. The molecule has 1 aliphatic rings. The van der Waals surface area contributed by atoms with Crippen molar-refractivity contribution in [1.82, 2.24) is 19.9 Å². The van der Waals surface area contributed by atoms with Crippen molar-refractivity contribution in [3.05, 3.63) is 39.4 Å². The van der Waals surface area contributed by atoms with Crippen LogP contribution in [0.4, 0.5) is 0 Å². The molecular formula is C15H18N4OS. The van der Waals surface area contributed by atoms with Gasteiger partial charge in [-0.15, -0.1) is 11.3 Å². The summed E-state index contributed by atoms with van der Waals surface area (Å²) < 4.78 is 0. The van der Waals surface area contributed by atoms with Gasteiger partial charge in [-0.3, -0.25) is 4.79 Å². The highest BCUT2D eigenvalue weighted by Crippen LogP contribution is 2.27. The normalized spacial score (nSPS) is 18.2. The summed E-state index contributed by atoms with van der Waals surface area (Å²) in [6, 6.07) is 1.97. The highest BCUT2D eigenvalue weighted by atomic mass is 32.1. The van der Waals surface area contributed by atoms with Gasteiger partial charge in [0.1, 0.15) is 10.7 Å². The topological polar surface area (TPSA) is 59.0 Å². The summed E-state index contributed by atoms with van der Waals surface area (Å²) in [7, 11) is 0. The summed E-state index contributed by atoms with van der Waals surface area (Å²) in [5.74, 6) is 1.19. The van der Waals surface area contributed by atoms with Crippen molar-refractivity contribution >= 4 is 17.2 Å². The van der Waals surface area contributed by atoms with Gasteiger partial charge in [-0.25, -0.2) is 15.0 Å². The van der Waals surface area contributed by atoms with Crippen molar-refractivity contribution < 1.29 is 4.79 Å². The number of rotatable bonds is 2. The molecule has 0 spiro atoms. The van der Waals surface area contributed by atoms with E-state index < -0.39 is 0 Å². The first-order valence-electron chi connectivity index (χ1n) is 7.06. The molecule has 21 heavy (non-hydrogen) atoms. The maximum Gasteiger partial charge on any atom is 0.265 e. The molecule has 1 amide bonds. The first-order chi connectivity index (χ1) is 10.0. The summed E-state index contributed by atoms with van der Waals surface area (Å²) >= 11 is 1.41. The lowest BCUT2D eigenvalue weighted by atomic mass is 10.1. The molecule has 6 heteroatoms. The summed E-state index contributed by atoms with van der Waals surface area (Å²) in [5, 5.41) is 0. The van der Waals surface area contributed by atoms with E-state index >= 15 is 0 Å². The Kier molecular flexibility index (Phi) is 3.71. The number of thiazole rings is 1. The van der Waals surface area contributed by atoms with E-state index in [4.69, 9.17) is 0 Å². The van der Waals surface area contributed by atoms with Crippen LogP contribution < -0.4 is 0 Å². The van der Waals surface area contributed by atoms with Crippen LogP contribution in [0.1, 0.15) is 44.9 Å². The lowest BCUT2D eigenvalue weighted by Crippen LogP contribution is -2.28. The number of hydrogen-bond donors (Lipinski definition) is 0. The molecule has 1 fully saturated rings. The molecule has 1 aliphatic heterocycles. The highest BCUT2D eigenvalue weighted by molar-refractivity contribution is 7.11. The van der Waals surface area contributed by atoms with Crippen molar-refractivity contribution in [2.24, 2.45) is 0 Å². The Morgan fingerprint density at radius 1 is 1.29 bits per heavy atom. The number of nitrogens with zero attached hydrogens (tertiary/aromatic N) is 4. The minimum atomic E-state index is 0.0851. The van der Waals surface area contributed by atoms with Gasteiger partial charge in [0.15, 0.2) is 0 Å². The maximum absolute atomic E-state index is 12.5. The molecule has 1 saturated heterocycles. The summed E-state index contributed by atoms with van der Waals surface area (Å²) in [4.78, 5) is 28.4. The first-order valence-corrected chi connectivity index (χ1v) is 7.94. The molecule has 0 N–H and O–H groups in total. The third kappa shape index (κ3) is 2.81. The van der Waals surface area contributed by atoms with E-state index in [1.165, 1.54) is 11.3 Å². The number of aromatic nitrogens is 3. The molecule has 0 aliphatic carbocycles. The minimum absolute atomic E-state index is 0.0851. The zero-order valence-electron chi connectivity index (χ0n) is 12.5. The van der Waals surface area contributed by atoms with Gasteiger partial charge < -0.3 is 4.90 Å². The Balaban J connectivity index is 1.76. The molecule has 2 aromatic heterocycles. The van der Waals surface area contributed by atoms with E-state index in [1.807, 2.05) is 31.7 Å². The number of likely N-dealkylation sites (tertiary alicyclic amines) is 1. The van der Waals surface area contributed by atoms with Crippen LogP contribution in [-0.4, -0.2) is 38.8 Å². The van der Waals surface area contributed by atoms with Crippen LogP contribution in [0.3, 0.4) is 0 Å². The predicted octanol–water partition coefficient (Wildman–Crippen LogP) is 2.49. The molecule has 1 atom stereocenters. The fourth-order valence-electron chi connectivity index (χ4n) is 2.74. The van der Waals surface area contributed by atoms with Gasteiger partial charge in [0.2, 0.25) is 0 Å². The third-order valence-corrected chi connectivity index (χ3v) is 4.70. The van der Waals surface area contributed by atoms with Crippen LogP contribution in [0.15, 0.2) is 11.6 Å². The molecule has 2 aromatic rings. The molecule has 110 valence electrons. The maximum atomic E-state index is 12.5. The van der Waals surface area contributed by atoms with Crippen LogP contribution in [0.25, 0.3) is 0 Å². The zero-order valence-corrected chi connectivity index (χ0v) is 13.3. The van der Waals surface area contributed by atoms with Crippen LogP contribution in [-0.2, 0) is 0 Å². The van der Waals surface area contributed by atoms with Crippen molar-refractivity contribution in [2.45, 2.75) is 33.1 Å². The number of hydrogen-bond acceptors (Lipinski definition) is 5. The SMILES string of the molecule is Cc1cc(C)nc(C2CCN(C(=O)c3scnc3C)C2)n1. The Bertz CT molecular complexity index is 662. The fourth-order valence-corrected chi connectivity index (χ4v) is 3.51. The van der Waals surface area contributed by atoms with E-state index in [1.54, 1.807) is 5.51 Å². The summed E-state index contributed by atoms with van der Waals surface area (Å²) in [5.41, 5.74) is 4.51.